The summed E-state index contributed by atoms with van der Waals surface area (Å²) < 4.78 is 0. The second-order valence-electron chi connectivity index (χ2n) is 8.04. The zero-order valence-corrected chi connectivity index (χ0v) is 14.7. The van der Waals surface area contributed by atoms with Gasteiger partial charge in [0, 0.05) is 24.4 Å². The maximum Gasteiger partial charge on any atom is 0.223 e. The molecule has 25 heavy (non-hydrogen) atoms. The van der Waals surface area contributed by atoms with Gasteiger partial charge in [0.05, 0.1) is 0 Å². The third-order valence-corrected chi connectivity index (χ3v) is 6.54. The van der Waals surface area contributed by atoms with E-state index in [0.29, 0.717) is 18.3 Å². The molecule has 1 saturated heterocycles. The molecule has 2 N–H and O–H groups in total. The quantitative estimate of drug-likeness (QED) is 0.885. The second-order valence-corrected chi connectivity index (χ2v) is 8.04. The Labute approximate surface area is 149 Å². The van der Waals surface area contributed by atoms with Crippen molar-refractivity contribution in [3.05, 3.63) is 35.9 Å². The Hall–Kier alpha value is -1.84. The topological polar surface area (TPSA) is 58.2 Å². The fourth-order valence-corrected chi connectivity index (χ4v) is 5.32. The monoisotopic (exact) mass is 340 g/mol. The normalized spacial score (nSPS) is 33.9. The van der Waals surface area contributed by atoms with Crippen LogP contribution in [0, 0.1) is 17.8 Å². The number of aryl methyl sites for hydroxylation is 1. The van der Waals surface area contributed by atoms with Gasteiger partial charge in [0.15, 0.2) is 0 Å². The van der Waals surface area contributed by atoms with Gasteiger partial charge in [0.1, 0.15) is 0 Å². The summed E-state index contributed by atoms with van der Waals surface area (Å²) in [5.41, 5.74) is 1.20. The first-order valence-corrected chi connectivity index (χ1v) is 9.84. The van der Waals surface area contributed by atoms with Crippen molar-refractivity contribution in [3.8, 4) is 0 Å². The Kier molecular flexibility index (Phi) is 4.78. The first kappa shape index (κ1) is 16.6. The predicted octanol–water partition coefficient (Wildman–Crippen LogP) is 2.82. The molecule has 1 aromatic carbocycles. The lowest BCUT2D eigenvalue weighted by Gasteiger charge is -2.45. The van der Waals surface area contributed by atoms with Gasteiger partial charge in [0.2, 0.25) is 11.8 Å². The largest absolute Gasteiger partial charge is 0.353 e. The van der Waals surface area contributed by atoms with Crippen molar-refractivity contribution >= 4 is 11.8 Å². The van der Waals surface area contributed by atoms with Crippen LogP contribution in [-0.2, 0) is 16.0 Å². The molecule has 1 aliphatic heterocycles. The van der Waals surface area contributed by atoms with E-state index in [1.54, 1.807) is 0 Å². The van der Waals surface area contributed by atoms with E-state index in [4.69, 9.17) is 0 Å². The molecule has 134 valence electrons. The summed E-state index contributed by atoms with van der Waals surface area (Å²) in [5, 5.41) is 6.47. The van der Waals surface area contributed by atoms with Crippen molar-refractivity contribution in [1.29, 1.82) is 0 Å². The molecule has 4 heteroatoms. The van der Waals surface area contributed by atoms with Crippen molar-refractivity contribution in [3.63, 3.8) is 0 Å². The minimum absolute atomic E-state index is 0.133. The van der Waals surface area contributed by atoms with Crippen LogP contribution in [0.15, 0.2) is 30.3 Å². The molecule has 1 heterocycles. The van der Waals surface area contributed by atoms with Crippen LogP contribution in [0.4, 0.5) is 0 Å². The van der Waals surface area contributed by atoms with Gasteiger partial charge >= 0.3 is 0 Å². The molecule has 4 rings (SSSR count). The highest BCUT2D eigenvalue weighted by Crippen LogP contribution is 2.45. The van der Waals surface area contributed by atoms with Crippen molar-refractivity contribution in [1.82, 2.24) is 10.6 Å². The fraction of sp³-hybridized carbons (Fsp3) is 0.619. The number of carbonyl (C=O) groups is 2. The number of carbonyl (C=O) groups excluding carboxylic acids is 2. The molecule has 0 spiro atoms. The van der Waals surface area contributed by atoms with Crippen LogP contribution >= 0.6 is 0 Å². The molecule has 2 amide bonds. The lowest BCUT2D eigenvalue weighted by atomic mass is 9.68. The summed E-state index contributed by atoms with van der Waals surface area (Å²) in [6.45, 7) is 0. The molecule has 5 unspecified atom stereocenters. The smallest absolute Gasteiger partial charge is 0.223 e. The van der Waals surface area contributed by atoms with Gasteiger partial charge in [-0.1, -0.05) is 36.8 Å². The third-order valence-electron chi connectivity index (χ3n) is 6.54. The zero-order valence-electron chi connectivity index (χ0n) is 14.7. The van der Waals surface area contributed by atoms with Crippen LogP contribution in [-0.4, -0.2) is 23.9 Å². The molecule has 3 aliphatic rings. The summed E-state index contributed by atoms with van der Waals surface area (Å²) >= 11 is 0. The summed E-state index contributed by atoms with van der Waals surface area (Å²) in [6, 6.07) is 10.6. The summed E-state index contributed by atoms with van der Waals surface area (Å²) in [4.78, 5) is 24.6. The number of amides is 2. The standard InChI is InChI=1S/C21H28N2O2/c24-20(12-9-14-5-2-1-3-6-14)22-15-10-11-17-16-7-4-8-18(16)21(25)23-19(17)13-15/h1-3,5-6,15-19H,4,7-13H2,(H,22,24)(H,23,25). The minimum Gasteiger partial charge on any atom is -0.353 e. The summed E-state index contributed by atoms with van der Waals surface area (Å²) in [7, 11) is 0. The van der Waals surface area contributed by atoms with Crippen molar-refractivity contribution in [2.24, 2.45) is 17.8 Å². The van der Waals surface area contributed by atoms with Crippen molar-refractivity contribution in [2.75, 3.05) is 0 Å². The van der Waals surface area contributed by atoms with Crippen LogP contribution in [0.1, 0.15) is 50.5 Å². The van der Waals surface area contributed by atoms with Gasteiger partial charge in [-0.05, 0) is 55.9 Å². The molecule has 2 aliphatic carbocycles. The molecular weight excluding hydrogens is 312 g/mol. The van der Waals surface area contributed by atoms with E-state index in [1.165, 1.54) is 18.4 Å². The van der Waals surface area contributed by atoms with Gasteiger partial charge in [-0.25, -0.2) is 0 Å². The Morgan fingerprint density at radius 3 is 2.76 bits per heavy atom. The van der Waals surface area contributed by atoms with E-state index in [1.807, 2.05) is 18.2 Å². The Morgan fingerprint density at radius 2 is 1.92 bits per heavy atom. The molecule has 0 aromatic heterocycles. The zero-order chi connectivity index (χ0) is 17.2. The number of rotatable bonds is 4. The number of piperidine rings is 1. The summed E-state index contributed by atoms with van der Waals surface area (Å²) in [5.74, 6) is 1.88. The van der Waals surface area contributed by atoms with Gasteiger partial charge < -0.3 is 10.6 Å². The number of hydrogen-bond donors (Lipinski definition) is 2. The Bertz CT molecular complexity index is 630. The van der Waals surface area contributed by atoms with Crippen LogP contribution in [0.2, 0.25) is 0 Å². The maximum absolute atomic E-state index is 12.3. The van der Waals surface area contributed by atoms with Gasteiger partial charge in [-0.15, -0.1) is 0 Å². The van der Waals surface area contributed by atoms with E-state index in [0.717, 1.165) is 32.1 Å². The lowest BCUT2D eigenvalue weighted by Crippen LogP contribution is -2.57. The number of benzene rings is 1. The van der Waals surface area contributed by atoms with Crippen LogP contribution < -0.4 is 10.6 Å². The van der Waals surface area contributed by atoms with E-state index in [9.17, 15) is 9.59 Å². The van der Waals surface area contributed by atoms with E-state index in [2.05, 4.69) is 22.8 Å². The van der Waals surface area contributed by atoms with Gasteiger partial charge in [-0.3, -0.25) is 9.59 Å². The van der Waals surface area contributed by atoms with E-state index >= 15 is 0 Å². The maximum atomic E-state index is 12.3. The molecule has 0 bridgehead atoms. The molecule has 5 atom stereocenters. The first-order valence-electron chi connectivity index (χ1n) is 9.84. The average Bonchev–Trinajstić information content (AvgIpc) is 3.11. The highest BCUT2D eigenvalue weighted by molar-refractivity contribution is 5.81. The van der Waals surface area contributed by atoms with Crippen LogP contribution in [0.3, 0.4) is 0 Å². The lowest BCUT2D eigenvalue weighted by molar-refractivity contribution is -0.132. The molecule has 0 radical (unpaired) electrons. The highest BCUT2D eigenvalue weighted by atomic mass is 16.2. The molecule has 2 saturated carbocycles. The molecule has 1 aromatic rings. The molecular formula is C21H28N2O2. The molecule has 3 fully saturated rings. The van der Waals surface area contributed by atoms with Gasteiger partial charge in [-0.2, -0.15) is 0 Å². The van der Waals surface area contributed by atoms with Crippen LogP contribution in [0.5, 0.6) is 0 Å². The summed E-state index contributed by atoms with van der Waals surface area (Å²) in [6.07, 6.45) is 7.89. The first-order chi connectivity index (χ1) is 12.2. The van der Waals surface area contributed by atoms with E-state index < -0.39 is 0 Å². The fourth-order valence-electron chi connectivity index (χ4n) is 5.32. The van der Waals surface area contributed by atoms with Crippen LogP contribution in [0.25, 0.3) is 0 Å². The second kappa shape index (κ2) is 7.19. The number of nitrogens with one attached hydrogen (secondary N) is 2. The SMILES string of the molecule is O=C(CCc1ccccc1)NC1CCC2C(C1)NC(=O)C1CCCC12. The third kappa shape index (κ3) is 3.58. The predicted molar refractivity (Wildman–Crippen MR) is 96.8 cm³/mol. The Balaban J connectivity index is 1.29. The minimum atomic E-state index is 0.133. The number of hydrogen-bond acceptors (Lipinski definition) is 2. The van der Waals surface area contributed by atoms with Crippen molar-refractivity contribution < 1.29 is 9.59 Å². The van der Waals surface area contributed by atoms with Crippen molar-refractivity contribution in [2.45, 2.75) is 63.5 Å². The number of fused-ring (bicyclic) bond motifs is 3. The average molecular weight is 340 g/mol. The highest BCUT2D eigenvalue weighted by Gasteiger charge is 2.47. The molecule has 4 nitrogen and oxygen atoms in total. The van der Waals surface area contributed by atoms with Gasteiger partial charge in [0.25, 0.3) is 0 Å². The Morgan fingerprint density at radius 1 is 1.08 bits per heavy atom. The van der Waals surface area contributed by atoms with E-state index in [-0.39, 0.29) is 29.8 Å².